The molecule has 0 saturated heterocycles. The van der Waals surface area contributed by atoms with Crippen molar-refractivity contribution in [2.75, 3.05) is 6.54 Å². The van der Waals surface area contributed by atoms with E-state index in [2.05, 4.69) is 23.7 Å². The predicted octanol–water partition coefficient (Wildman–Crippen LogP) is 2.87. The lowest BCUT2D eigenvalue weighted by atomic mass is 9.89. The van der Waals surface area contributed by atoms with Gasteiger partial charge in [0, 0.05) is 24.3 Å². The van der Waals surface area contributed by atoms with Gasteiger partial charge >= 0.3 is 0 Å². The number of hydrogen-bond acceptors (Lipinski definition) is 3. The molecule has 106 valence electrons. The summed E-state index contributed by atoms with van der Waals surface area (Å²) in [5, 5.41) is 0. The molecule has 1 fully saturated rings. The summed E-state index contributed by atoms with van der Waals surface area (Å²) in [5.74, 6) is -0.258. The van der Waals surface area contributed by atoms with Crippen molar-refractivity contribution < 1.29 is 4.39 Å². The standard InChI is InChI=1S/C15H24FN3/c1-3-19(15-6-4-14(17)5-7-15)11(2)12-8-13(16)10-18-9-12/h8-11,14-15H,3-7,17H2,1-2H3. The average molecular weight is 265 g/mol. The van der Waals surface area contributed by atoms with E-state index in [-0.39, 0.29) is 11.9 Å². The van der Waals surface area contributed by atoms with Crippen molar-refractivity contribution in [1.29, 1.82) is 0 Å². The lowest BCUT2D eigenvalue weighted by Gasteiger charge is -2.39. The fourth-order valence-corrected chi connectivity index (χ4v) is 3.13. The zero-order valence-corrected chi connectivity index (χ0v) is 11.8. The SMILES string of the molecule is CCN(C1CCC(N)CC1)C(C)c1cncc(F)c1. The maximum Gasteiger partial charge on any atom is 0.141 e. The smallest absolute Gasteiger partial charge is 0.141 e. The van der Waals surface area contributed by atoms with Crippen LogP contribution < -0.4 is 5.73 Å². The molecule has 2 rings (SSSR count). The molecule has 0 amide bonds. The van der Waals surface area contributed by atoms with Crippen LogP contribution in [0.2, 0.25) is 0 Å². The summed E-state index contributed by atoms with van der Waals surface area (Å²) < 4.78 is 13.3. The highest BCUT2D eigenvalue weighted by Crippen LogP contribution is 2.29. The van der Waals surface area contributed by atoms with Gasteiger partial charge in [-0.2, -0.15) is 0 Å². The number of pyridine rings is 1. The van der Waals surface area contributed by atoms with Gasteiger partial charge in [0.1, 0.15) is 5.82 Å². The summed E-state index contributed by atoms with van der Waals surface area (Å²) in [7, 11) is 0. The van der Waals surface area contributed by atoms with Gasteiger partial charge in [-0.25, -0.2) is 4.39 Å². The molecule has 1 aromatic rings. The van der Waals surface area contributed by atoms with Crippen LogP contribution in [0.15, 0.2) is 18.5 Å². The molecule has 1 aliphatic carbocycles. The Hall–Kier alpha value is -1.00. The molecule has 1 atom stereocenters. The Morgan fingerprint density at radius 3 is 2.63 bits per heavy atom. The Morgan fingerprint density at radius 2 is 2.05 bits per heavy atom. The van der Waals surface area contributed by atoms with Crippen LogP contribution in [0.1, 0.15) is 51.1 Å². The molecule has 4 heteroatoms. The molecule has 1 aromatic heterocycles. The van der Waals surface area contributed by atoms with E-state index in [0.717, 1.165) is 37.8 Å². The molecular formula is C15H24FN3. The van der Waals surface area contributed by atoms with Gasteiger partial charge in [0.25, 0.3) is 0 Å². The van der Waals surface area contributed by atoms with Gasteiger partial charge in [-0.05, 0) is 50.8 Å². The molecule has 1 heterocycles. The topological polar surface area (TPSA) is 42.1 Å². The van der Waals surface area contributed by atoms with Crippen molar-refractivity contribution in [3.8, 4) is 0 Å². The van der Waals surface area contributed by atoms with Gasteiger partial charge in [-0.1, -0.05) is 6.92 Å². The van der Waals surface area contributed by atoms with E-state index in [9.17, 15) is 4.39 Å². The summed E-state index contributed by atoms with van der Waals surface area (Å²) in [6.45, 7) is 5.27. The van der Waals surface area contributed by atoms with Gasteiger partial charge in [-0.3, -0.25) is 9.88 Å². The number of halogens is 1. The van der Waals surface area contributed by atoms with Crippen LogP contribution in [0.4, 0.5) is 4.39 Å². The lowest BCUT2D eigenvalue weighted by molar-refractivity contribution is 0.114. The third-order valence-electron chi connectivity index (χ3n) is 4.28. The fraction of sp³-hybridized carbons (Fsp3) is 0.667. The van der Waals surface area contributed by atoms with Gasteiger partial charge in [-0.15, -0.1) is 0 Å². The summed E-state index contributed by atoms with van der Waals surface area (Å²) in [4.78, 5) is 6.40. The molecule has 1 saturated carbocycles. The highest BCUT2D eigenvalue weighted by atomic mass is 19.1. The van der Waals surface area contributed by atoms with Crippen molar-refractivity contribution in [3.05, 3.63) is 29.8 Å². The van der Waals surface area contributed by atoms with E-state index in [4.69, 9.17) is 5.73 Å². The first-order valence-corrected chi connectivity index (χ1v) is 7.23. The molecular weight excluding hydrogens is 241 g/mol. The first kappa shape index (κ1) is 14.4. The average Bonchev–Trinajstić information content (AvgIpc) is 2.41. The number of hydrogen-bond donors (Lipinski definition) is 1. The minimum atomic E-state index is -0.258. The first-order chi connectivity index (χ1) is 9.11. The van der Waals surface area contributed by atoms with E-state index in [1.165, 1.54) is 6.20 Å². The Bertz CT molecular complexity index is 402. The second kappa shape index (κ2) is 6.44. The maximum absolute atomic E-state index is 13.3. The van der Waals surface area contributed by atoms with Gasteiger partial charge < -0.3 is 5.73 Å². The molecule has 1 aliphatic rings. The number of nitrogens with two attached hydrogens (primary N) is 1. The van der Waals surface area contributed by atoms with Crippen molar-refractivity contribution in [2.45, 2.75) is 57.7 Å². The van der Waals surface area contributed by atoms with Crippen molar-refractivity contribution in [1.82, 2.24) is 9.88 Å². The zero-order chi connectivity index (χ0) is 13.8. The molecule has 0 aliphatic heterocycles. The Kier molecular flexibility index (Phi) is 4.88. The van der Waals surface area contributed by atoms with E-state index < -0.39 is 0 Å². The van der Waals surface area contributed by atoms with Gasteiger partial charge in [0.05, 0.1) is 6.20 Å². The van der Waals surface area contributed by atoms with Crippen LogP contribution in [0.5, 0.6) is 0 Å². The van der Waals surface area contributed by atoms with Crippen molar-refractivity contribution in [3.63, 3.8) is 0 Å². The van der Waals surface area contributed by atoms with E-state index >= 15 is 0 Å². The molecule has 2 N–H and O–H groups in total. The summed E-state index contributed by atoms with van der Waals surface area (Å²) >= 11 is 0. The summed E-state index contributed by atoms with van der Waals surface area (Å²) in [6, 6.07) is 2.71. The minimum absolute atomic E-state index is 0.201. The quantitative estimate of drug-likeness (QED) is 0.910. The monoisotopic (exact) mass is 265 g/mol. The highest BCUT2D eigenvalue weighted by Gasteiger charge is 2.27. The number of rotatable bonds is 4. The van der Waals surface area contributed by atoms with Crippen LogP contribution in [-0.4, -0.2) is 28.5 Å². The van der Waals surface area contributed by atoms with Crippen molar-refractivity contribution >= 4 is 0 Å². The van der Waals surface area contributed by atoms with Crippen LogP contribution in [-0.2, 0) is 0 Å². The Labute approximate surface area is 115 Å². The largest absolute Gasteiger partial charge is 0.328 e. The molecule has 0 bridgehead atoms. The summed E-state index contributed by atoms with van der Waals surface area (Å²) in [6.07, 6.45) is 7.49. The molecule has 3 nitrogen and oxygen atoms in total. The maximum atomic E-state index is 13.3. The molecule has 0 aromatic carbocycles. The second-order valence-corrected chi connectivity index (χ2v) is 5.51. The minimum Gasteiger partial charge on any atom is -0.328 e. The Balaban J connectivity index is 2.08. The molecule has 0 radical (unpaired) electrons. The molecule has 0 spiro atoms. The third kappa shape index (κ3) is 3.51. The van der Waals surface area contributed by atoms with Gasteiger partial charge in [0.15, 0.2) is 0 Å². The second-order valence-electron chi connectivity index (χ2n) is 5.51. The van der Waals surface area contributed by atoms with E-state index in [1.54, 1.807) is 12.3 Å². The molecule has 19 heavy (non-hydrogen) atoms. The third-order valence-corrected chi connectivity index (χ3v) is 4.28. The number of aromatic nitrogens is 1. The first-order valence-electron chi connectivity index (χ1n) is 7.23. The van der Waals surface area contributed by atoms with Crippen molar-refractivity contribution in [2.24, 2.45) is 5.73 Å². The van der Waals surface area contributed by atoms with Crippen LogP contribution in [0, 0.1) is 5.82 Å². The predicted molar refractivity (Wildman–Crippen MR) is 75.2 cm³/mol. The van der Waals surface area contributed by atoms with Gasteiger partial charge in [0.2, 0.25) is 0 Å². The number of nitrogens with zero attached hydrogens (tertiary/aromatic N) is 2. The van der Waals surface area contributed by atoms with E-state index in [0.29, 0.717) is 12.1 Å². The molecule has 1 unspecified atom stereocenters. The van der Waals surface area contributed by atoms with Crippen LogP contribution >= 0.6 is 0 Å². The normalized spacial score (nSPS) is 25.5. The fourth-order valence-electron chi connectivity index (χ4n) is 3.13. The summed E-state index contributed by atoms with van der Waals surface area (Å²) in [5.41, 5.74) is 6.92. The lowest BCUT2D eigenvalue weighted by Crippen LogP contribution is -2.42. The Morgan fingerprint density at radius 1 is 1.37 bits per heavy atom. The van der Waals surface area contributed by atoms with Crippen LogP contribution in [0.3, 0.4) is 0 Å². The van der Waals surface area contributed by atoms with Crippen LogP contribution in [0.25, 0.3) is 0 Å². The zero-order valence-electron chi connectivity index (χ0n) is 11.8. The van der Waals surface area contributed by atoms with E-state index in [1.807, 2.05) is 0 Å². The highest BCUT2D eigenvalue weighted by molar-refractivity contribution is 5.15.